The molecule has 0 aromatic rings. The Labute approximate surface area is 124 Å². The van der Waals surface area contributed by atoms with E-state index in [-0.39, 0.29) is 11.5 Å². The van der Waals surface area contributed by atoms with Crippen LogP contribution in [0.2, 0.25) is 0 Å². The predicted molar refractivity (Wildman–Crippen MR) is 83.6 cm³/mol. The average molecular weight is 280 g/mol. The lowest BCUT2D eigenvalue weighted by molar-refractivity contribution is -0.128. The van der Waals surface area contributed by atoms with Crippen molar-refractivity contribution >= 4 is 5.91 Å². The molecule has 3 nitrogen and oxygen atoms in total. The molecule has 2 N–H and O–H groups in total. The highest BCUT2D eigenvalue weighted by atomic mass is 16.2. The number of nitrogens with one attached hydrogen (secondary N) is 2. The van der Waals surface area contributed by atoms with E-state index >= 15 is 0 Å². The van der Waals surface area contributed by atoms with Gasteiger partial charge in [0.1, 0.15) is 0 Å². The first-order chi connectivity index (χ1) is 9.63. The number of carbonyl (C=O) groups is 1. The summed E-state index contributed by atoms with van der Waals surface area (Å²) in [7, 11) is 0. The summed E-state index contributed by atoms with van der Waals surface area (Å²) in [5.74, 6) is 1.48. The van der Waals surface area contributed by atoms with E-state index in [1.54, 1.807) is 0 Å². The van der Waals surface area contributed by atoms with E-state index in [9.17, 15) is 4.79 Å². The summed E-state index contributed by atoms with van der Waals surface area (Å²) in [4.78, 5) is 12.5. The molecule has 0 spiro atoms. The Morgan fingerprint density at radius 3 is 2.45 bits per heavy atom. The van der Waals surface area contributed by atoms with Gasteiger partial charge in [0.05, 0.1) is 0 Å². The van der Waals surface area contributed by atoms with Crippen LogP contribution in [0.15, 0.2) is 0 Å². The molecular weight excluding hydrogens is 248 g/mol. The van der Waals surface area contributed by atoms with Gasteiger partial charge in [0, 0.05) is 11.5 Å². The lowest BCUT2D eigenvalue weighted by Crippen LogP contribution is -2.54. The van der Waals surface area contributed by atoms with Crippen molar-refractivity contribution in [2.75, 3.05) is 13.1 Å². The van der Waals surface area contributed by atoms with Crippen LogP contribution in [0.4, 0.5) is 0 Å². The third-order valence-corrected chi connectivity index (χ3v) is 5.32. The highest BCUT2D eigenvalue weighted by molar-refractivity contribution is 5.79. The van der Waals surface area contributed by atoms with E-state index in [0.717, 1.165) is 44.7 Å². The minimum Gasteiger partial charge on any atom is -0.351 e. The van der Waals surface area contributed by atoms with Gasteiger partial charge in [0.25, 0.3) is 0 Å². The summed E-state index contributed by atoms with van der Waals surface area (Å²) >= 11 is 0. The number of hydrogen-bond donors (Lipinski definition) is 2. The third-order valence-electron chi connectivity index (χ3n) is 5.32. The second-order valence-corrected chi connectivity index (χ2v) is 7.16. The molecule has 2 fully saturated rings. The monoisotopic (exact) mass is 280 g/mol. The maximum absolute atomic E-state index is 12.5. The first kappa shape index (κ1) is 15.8. The average Bonchev–Trinajstić information content (AvgIpc) is 2.46. The Morgan fingerprint density at radius 1 is 1.20 bits per heavy atom. The summed E-state index contributed by atoms with van der Waals surface area (Å²) in [6, 6.07) is 0. The minimum absolute atomic E-state index is 0.0292. The van der Waals surface area contributed by atoms with Crippen LogP contribution in [0.5, 0.6) is 0 Å². The Hall–Kier alpha value is -0.570. The van der Waals surface area contributed by atoms with E-state index in [1.165, 1.54) is 32.1 Å². The minimum atomic E-state index is 0.0292. The summed E-state index contributed by atoms with van der Waals surface area (Å²) in [5.41, 5.74) is 0.0292. The maximum atomic E-state index is 12.5. The number of rotatable bonds is 5. The van der Waals surface area contributed by atoms with Crippen molar-refractivity contribution < 1.29 is 4.79 Å². The van der Waals surface area contributed by atoms with E-state index in [0.29, 0.717) is 5.91 Å². The molecule has 2 aliphatic rings. The topological polar surface area (TPSA) is 41.1 Å². The first-order valence-electron chi connectivity index (χ1n) is 8.66. The summed E-state index contributed by atoms with van der Waals surface area (Å²) in [6.45, 7) is 6.53. The number of carbonyl (C=O) groups excluding carboxylic acids is 1. The molecule has 0 unspecified atom stereocenters. The zero-order chi connectivity index (χ0) is 14.4. The fourth-order valence-corrected chi connectivity index (χ4v) is 3.71. The maximum Gasteiger partial charge on any atom is 0.223 e. The van der Waals surface area contributed by atoms with Crippen molar-refractivity contribution in [2.45, 2.75) is 77.2 Å². The Morgan fingerprint density at radius 2 is 1.85 bits per heavy atom. The standard InChI is InChI=1S/C17H32N2O/c1-3-4-5-14-6-8-15(9-7-14)16(20)19-17(2)10-12-18-13-11-17/h14-15,18H,3-13H2,1-2H3,(H,19,20). The molecule has 3 heteroatoms. The molecule has 0 radical (unpaired) electrons. The van der Waals surface area contributed by atoms with Crippen LogP contribution in [0, 0.1) is 11.8 Å². The van der Waals surface area contributed by atoms with Crippen molar-refractivity contribution in [1.82, 2.24) is 10.6 Å². The van der Waals surface area contributed by atoms with Crippen molar-refractivity contribution in [3.63, 3.8) is 0 Å². The van der Waals surface area contributed by atoms with Crippen LogP contribution in [0.1, 0.15) is 71.6 Å². The molecule has 0 aromatic heterocycles. The molecule has 0 bridgehead atoms. The molecule has 0 aromatic carbocycles. The summed E-state index contributed by atoms with van der Waals surface area (Å²) in [6.07, 6.45) is 10.9. The van der Waals surface area contributed by atoms with Gasteiger partial charge in [-0.25, -0.2) is 0 Å². The van der Waals surface area contributed by atoms with Crippen molar-refractivity contribution in [3.8, 4) is 0 Å². The number of hydrogen-bond acceptors (Lipinski definition) is 2. The van der Waals surface area contributed by atoms with Gasteiger partial charge < -0.3 is 10.6 Å². The highest BCUT2D eigenvalue weighted by Crippen LogP contribution is 2.32. The molecule has 1 saturated carbocycles. The van der Waals surface area contributed by atoms with Gasteiger partial charge in [-0.1, -0.05) is 26.2 Å². The molecule has 116 valence electrons. The predicted octanol–water partition coefficient (Wildman–Crippen LogP) is 3.24. The van der Waals surface area contributed by atoms with Gasteiger partial charge in [-0.2, -0.15) is 0 Å². The number of unbranched alkanes of at least 4 members (excludes halogenated alkanes) is 1. The zero-order valence-corrected chi connectivity index (χ0v) is 13.3. The van der Waals surface area contributed by atoms with E-state index in [1.807, 2.05) is 0 Å². The van der Waals surface area contributed by atoms with Crippen LogP contribution in [0.3, 0.4) is 0 Å². The largest absolute Gasteiger partial charge is 0.351 e. The number of piperidine rings is 1. The van der Waals surface area contributed by atoms with Crippen molar-refractivity contribution in [1.29, 1.82) is 0 Å². The van der Waals surface area contributed by atoms with Crippen molar-refractivity contribution in [3.05, 3.63) is 0 Å². The smallest absolute Gasteiger partial charge is 0.223 e. The molecule has 1 aliphatic heterocycles. The lowest BCUT2D eigenvalue weighted by atomic mass is 9.79. The second-order valence-electron chi connectivity index (χ2n) is 7.16. The van der Waals surface area contributed by atoms with E-state index in [4.69, 9.17) is 0 Å². The van der Waals surface area contributed by atoms with Gasteiger partial charge in [-0.15, -0.1) is 0 Å². The summed E-state index contributed by atoms with van der Waals surface area (Å²) < 4.78 is 0. The van der Waals surface area contributed by atoms with E-state index < -0.39 is 0 Å². The van der Waals surface area contributed by atoms with Crippen LogP contribution in [-0.2, 0) is 4.79 Å². The second kappa shape index (κ2) is 7.44. The molecular formula is C17H32N2O. The highest BCUT2D eigenvalue weighted by Gasteiger charge is 2.32. The Balaban J connectivity index is 1.74. The Bertz CT molecular complexity index is 302. The van der Waals surface area contributed by atoms with Crippen LogP contribution in [-0.4, -0.2) is 24.5 Å². The quantitative estimate of drug-likeness (QED) is 0.811. The Kier molecular flexibility index (Phi) is 5.88. The molecule has 1 heterocycles. The lowest BCUT2D eigenvalue weighted by Gasteiger charge is -2.37. The molecule has 2 rings (SSSR count). The van der Waals surface area contributed by atoms with E-state index in [2.05, 4.69) is 24.5 Å². The zero-order valence-electron chi connectivity index (χ0n) is 13.3. The van der Waals surface area contributed by atoms with Crippen LogP contribution in [0.25, 0.3) is 0 Å². The van der Waals surface area contributed by atoms with Gasteiger partial charge in [-0.3, -0.25) is 4.79 Å². The fraction of sp³-hybridized carbons (Fsp3) is 0.941. The normalized spacial score (nSPS) is 29.9. The molecule has 1 aliphatic carbocycles. The molecule has 0 atom stereocenters. The number of amides is 1. The summed E-state index contributed by atoms with van der Waals surface area (Å²) in [5, 5.41) is 6.71. The van der Waals surface area contributed by atoms with Crippen LogP contribution >= 0.6 is 0 Å². The molecule has 1 amide bonds. The van der Waals surface area contributed by atoms with Crippen molar-refractivity contribution in [2.24, 2.45) is 11.8 Å². The first-order valence-corrected chi connectivity index (χ1v) is 8.66. The van der Waals surface area contributed by atoms with Gasteiger partial charge in [-0.05, 0) is 64.5 Å². The molecule has 20 heavy (non-hydrogen) atoms. The third kappa shape index (κ3) is 4.47. The fourth-order valence-electron chi connectivity index (χ4n) is 3.71. The SMILES string of the molecule is CCCCC1CCC(C(=O)NC2(C)CCNCC2)CC1. The van der Waals surface area contributed by atoms with Crippen LogP contribution < -0.4 is 10.6 Å². The van der Waals surface area contributed by atoms with Gasteiger partial charge >= 0.3 is 0 Å². The van der Waals surface area contributed by atoms with Gasteiger partial charge in [0.15, 0.2) is 0 Å². The molecule has 1 saturated heterocycles. The van der Waals surface area contributed by atoms with Gasteiger partial charge in [0.2, 0.25) is 5.91 Å².